The van der Waals surface area contributed by atoms with E-state index >= 15 is 0 Å². The second-order valence-electron chi connectivity index (χ2n) is 9.62. The van der Waals surface area contributed by atoms with Gasteiger partial charge in [0.25, 0.3) is 5.91 Å². The molecule has 4 rings (SSSR count). The number of benzene rings is 1. The van der Waals surface area contributed by atoms with Crippen molar-refractivity contribution in [3.05, 3.63) is 47.5 Å². The van der Waals surface area contributed by atoms with E-state index in [0.717, 1.165) is 37.2 Å². The van der Waals surface area contributed by atoms with Crippen LogP contribution in [0.25, 0.3) is 0 Å². The zero-order valence-electron chi connectivity index (χ0n) is 19.1. The molecule has 2 aromatic rings. The molecular weight excluding hydrogens is 411 g/mol. The van der Waals surface area contributed by atoms with E-state index in [1.165, 1.54) is 12.1 Å². The average Bonchev–Trinajstić information content (AvgIpc) is 2.71. The molecule has 1 amide bonds. The van der Waals surface area contributed by atoms with Gasteiger partial charge in [0, 0.05) is 24.8 Å². The van der Waals surface area contributed by atoms with Gasteiger partial charge in [-0.1, -0.05) is 26.0 Å². The Morgan fingerprint density at radius 1 is 1.28 bits per heavy atom. The fraction of sp³-hybridized carbons (Fsp3) is 0.542. The number of nitrogens with one attached hydrogen (secondary N) is 1. The van der Waals surface area contributed by atoms with Crippen molar-refractivity contribution in [2.75, 3.05) is 24.6 Å². The summed E-state index contributed by atoms with van der Waals surface area (Å²) in [5, 5.41) is 3.03. The van der Waals surface area contributed by atoms with E-state index in [4.69, 9.17) is 14.5 Å². The van der Waals surface area contributed by atoms with Gasteiger partial charge in [0.05, 0.1) is 23.9 Å². The quantitative estimate of drug-likeness (QED) is 0.765. The minimum Gasteiger partial charge on any atom is -0.481 e. The molecule has 0 radical (unpaired) electrons. The van der Waals surface area contributed by atoms with Gasteiger partial charge < -0.3 is 19.7 Å². The zero-order chi connectivity index (χ0) is 22.9. The molecule has 1 N–H and O–H groups in total. The van der Waals surface area contributed by atoms with Crippen molar-refractivity contribution < 1.29 is 18.7 Å². The Morgan fingerprint density at radius 3 is 2.72 bits per heavy atom. The largest absolute Gasteiger partial charge is 0.481 e. The highest BCUT2D eigenvalue weighted by molar-refractivity contribution is 5.78. The van der Waals surface area contributed by atoms with Gasteiger partial charge in [-0.05, 0) is 44.2 Å². The van der Waals surface area contributed by atoms with E-state index in [1.807, 2.05) is 6.20 Å². The van der Waals surface area contributed by atoms with Crippen LogP contribution in [0.15, 0.2) is 30.5 Å². The summed E-state index contributed by atoms with van der Waals surface area (Å²) in [6.07, 6.45) is 3.65. The van der Waals surface area contributed by atoms with E-state index in [0.29, 0.717) is 5.95 Å². The van der Waals surface area contributed by atoms with Gasteiger partial charge in [-0.15, -0.1) is 0 Å². The van der Waals surface area contributed by atoms with Gasteiger partial charge in [-0.25, -0.2) is 14.4 Å². The number of halogens is 1. The molecule has 0 bridgehead atoms. The molecule has 1 aliphatic heterocycles. The zero-order valence-corrected chi connectivity index (χ0v) is 19.1. The Morgan fingerprint density at radius 2 is 2.00 bits per heavy atom. The van der Waals surface area contributed by atoms with Crippen LogP contribution in [-0.2, 0) is 16.0 Å². The van der Waals surface area contributed by atoms with Crippen molar-refractivity contribution in [3.63, 3.8) is 0 Å². The first-order valence-electron chi connectivity index (χ1n) is 11.1. The predicted octanol–water partition coefficient (Wildman–Crippen LogP) is 3.44. The molecule has 7 nitrogen and oxygen atoms in total. The number of hydrogen-bond donors (Lipinski definition) is 1. The van der Waals surface area contributed by atoms with Crippen LogP contribution in [0.4, 0.5) is 10.3 Å². The molecule has 3 atom stereocenters. The van der Waals surface area contributed by atoms with Gasteiger partial charge in [0.2, 0.25) is 5.95 Å². The van der Waals surface area contributed by atoms with Gasteiger partial charge in [-0.3, -0.25) is 4.79 Å². The monoisotopic (exact) mass is 442 g/mol. The molecule has 1 aliphatic carbocycles. The number of para-hydroxylation sites is 1. The molecule has 1 aromatic heterocycles. The Hall–Kier alpha value is -2.74. The standard InChI is InChI=1S/C24H31FN4O3/c1-15-12-29(13-16(2)32-15)23-26-11-17-19(9-24(3,4)10-20(17)28-23)27-22(30)14-31-21-8-6-5-7-18(21)25/h5-8,11,15-16,19H,9-10,12-14H2,1-4H3,(H,27,30)/t15-,16+,19-/m0/s1. The smallest absolute Gasteiger partial charge is 0.258 e. The molecule has 32 heavy (non-hydrogen) atoms. The van der Waals surface area contributed by atoms with E-state index in [1.54, 1.807) is 12.1 Å². The van der Waals surface area contributed by atoms with Crippen LogP contribution in [0, 0.1) is 11.2 Å². The predicted molar refractivity (Wildman–Crippen MR) is 119 cm³/mol. The summed E-state index contributed by atoms with van der Waals surface area (Å²) < 4.78 is 24.9. The molecule has 0 spiro atoms. The normalized spacial score (nSPS) is 24.5. The number of rotatable bonds is 5. The lowest BCUT2D eigenvalue weighted by Crippen LogP contribution is -2.46. The fourth-order valence-corrected chi connectivity index (χ4v) is 4.60. The van der Waals surface area contributed by atoms with Crippen molar-refractivity contribution >= 4 is 11.9 Å². The lowest BCUT2D eigenvalue weighted by Gasteiger charge is -2.38. The minimum absolute atomic E-state index is 0.0332. The van der Waals surface area contributed by atoms with Crippen LogP contribution in [-0.4, -0.2) is 47.8 Å². The summed E-state index contributed by atoms with van der Waals surface area (Å²) in [4.78, 5) is 24.3. The van der Waals surface area contributed by atoms with Crippen LogP contribution < -0.4 is 15.0 Å². The first-order chi connectivity index (χ1) is 15.2. The third-order valence-corrected chi connectivity index (χ3v) is 5.90. The topological polar surface area (TPSA) is 76.6 Å². The summed E-state index contributed by atoms with van der Waals surface area (Å²) in [7, 11) is 0. The minimum atomic E-state index is -0.489. The van der Waals surface area contributed by atoms with Crippen LogP contribution in [0.2, 0.25) is 0 Å². The summed E-state index contributed by atoms with van der Waals surface area (Å²) in [5.41, 5.74) is 1.86. The Bertz CT molecular complexity index is 973. The van der Waals surface area contributed by atoms with Crippen molar-refractivity contribution in [3.8, 4) is 5.75 Å². The Kier molecular flexibility index (Phi) is 6.33. The molecule has 172 valence electrons. The number of amides is 1. The lowest BCUT2D eigenvalue weighted by atomic mass is 9.74. The van der Waals surface area contributed by atoms with Crippen LogP contribution in [0.3, 0.4) is 0 Å². The molecule has 1 fully saturated rings. The average molecular weight is 443 g/mol. The number of fused-ring (bicyclic) bond motifs is 1. The van der Waals surface area contributed by atoms with E-state index in [2.05, 4.69) is 42.9 Å². The second kappa shape index (κ2) is 9.02. The first kappa shape index (κ1) is 22.5. The summed E-state index contributed by atoms with van der Waals surface area (Å²) in [6.45, 7) is 9.70. The number of nitrogens with zero attached hydrogens (tertiary/aromatic N) is 3. The number of carbonyl (C=O) groups is 1. The summed E-state index contributed by atoms with van der Waals surface area (Å²) in [5.74, 6) is -0.0238. The molecule has 1 aromatic carbocycles. The van der Waals surface area contributed by atoms with Gasteiger partial charge in [-0.2, -0.15) is 0 Å². The SMILES string of the molecule is C[C@@H]1CN(c2ncc3c(n2)CC(C)(C)C[C@@H]3NC(=O)COc2ccccc2F)C[C@H](C)O1. The maximum absolute atomic E-state index is 13.8. The van der Waals surface area contributed by atoms with Gasteiger partial charge in [0.15, 0.2) is 18.2 Å². The number of carbonyl (C=O) groups excluding carboxylic acids is 1. The number of anilines is 1. The van der Waals surface area contributed by atoms with Crippen LogP contribution in [0.5, 0.6) is 5.75 Å². The van der Waals surface area contributed by atoms with E-state index < -0.39 is 5.82 Å². The highest BCUT2D eigenvalue weighted by Gasteiger charge is 2.35. The number of morpholine rings is 1. The fourth-order valence-electron chi connectivity index (χ4n) is 4.60. The molecule has 8 heteroatoms. The van der Waals surface area contributed by atoms with E-state index in [9.17, 15) is 9.18 Å². The second-order valence-corrected chi connectivity index (χ2v) is 9.62. The number of ether oxygens (including phenoxy) is 2. The van der Waals surface area contributed by atoms with Crippen molar-refractivity contribution in [2.45, 2.75) is 58.8 Å². The third kappa shape index (κ3) is 5.18. The van der Waals surface area contributed by atoms with Crippen LogP contribution in [0.1, 0.15) is 51.4 Å². The molecule has 0 saturated carbocycles. The number of hydrogen-bond acceptors (Lipinski definition) is 6. The number of aromatic nitrogens is 2. The Labute approximate surface area is 188 Å². The van der Waals surface area contributed by atoms with Gasteiger partial charge >= 0.3 is 0 Å². The highest BCUT2D eigenvalue weighted by Crippen LogP contribution is 2.40. The first-order valence-corrected chi connectivity index (χ1v) is 11.1. The molecule has 2 heterocycles. The molecule has 2 aliphatic rings. The molecule has 0 unspecified atom stereocenters. The van der Waals surface area contributed by atoms with Crippen molar-refractivity contribution in [1.29, 1.82) is 0 Å². The maximum atomic E-state index is 13.8. The maximum Gasteiger partial charge on any atom is 0.258 e. The lowest BCUT2D eigenvalue weighted by molar-refractivity contribution is -0.124. The highest BCUT2D eigenvalue weighted by atomic mass is 19.1. The Balaban J connectivity index is 1.48. The molecular formula is C24H31FN4O3. The summed E-state index contributed by atoms with van der Waals surface area (Å²) in [6, 6.07) is 5.83. The van der Waals surface area contributed by atoms with Crippen molar-refractivity contribution in [1.82, 2.24) is 15.3 Å². The third-order valence-electron chi connectivity index (χ3n) is 5.90. The van der Waals surface area contributed by atoms with Gasteiger partial charge in [0.1, 0.15) is 0 Å². The van der Waals surface area contributed by atoms with E-state index in [-0.39, 0.29) is 41.9 Å². The van der Waals surface area contributed by atoms with Crippen LogP contribution >= 0.6 is 0 Å². The summed E-state index contributed by atoms with van der Waals surface area (Å²) >= 11 is 0. The molecule has 1 saturated heterocycles. The van der Waals surface area contributed by atoms with Crippen molar-refractivity contribution in [2.24, 2.45) is 5.41 Å².